The number of esters is 1. The lowest BCUT2D eigenvalue weighted by Gasteiger charge is -2.21. The summed E-state index contributed by atoms with van der Waals surface area (Å²) in [5.41, 5.74) is 8.06. The molecular weight excluding hydrogens is 286 g/mol. The molecule has 3 atom stereocenters. The van der Waals surface area contributed by atoms with Gasteiger partial charge in [-0.3, -0.25) is 25.0 Å². The second-order valence-electron chi connectivity index (χ2n) is 4.40. The highest BCUT2D eigenvalue weighted by Crippen LogP contribution is 2.19. The molecule has 0 spiro atoms. The van der Waals surface area contributed by atoms with Gasteiger partial charge in [0, 0.05) is 28.1 Å². The van der Waals surface area contributed by atoms with Crippen molar-refractivity contribution in [2.24, 2.45) is 11.0 Å². The van der Waals surface area contributed by atoms with Crippen LogP contribution in [0.5, 0.6) is 0 Å². The molecule has 0 aliphatic rings. The Morgan fingerprint density at radius 2 is 2.00 bits per heavy atom. The summed E-state index contributed by atoms with van der Waals surface area (Å²) >= 11 is 0. The number of rotatable bonds is 10. The van der Waals surface area contributed by atoms with Crippen molar-refractivity contribution in [1.82, 2.24) is 0 Å². The monoisotopic (exact) mass is 303 g/mol. The number of ether oxygens (including phenoxy) is 1. The first-order valence-corrected chi connectivity index (χ1v) is 6.28. The van der Waals surface area contributed by atoms with Crippen molar-refractivity contribution in [3.05, 3.63) is 30.7 Å². The van der Waals surface area contributed by atoms with Crippen LogP contribution in [0.15, 0.2) is 5.11 Å². The maximum Gasteiger partial charge on any atom is 0.311 e. The molecule has 0 bridgehead atoms. The molecular formula is C10H17N5O6. The van der Waals surface area contributed by atoms with Gasteiger partial charge >= 0.3 is 5.97 Å². The quantitative estimate of drug-likeness (QED) is 0.148. The first-order valence-electron chi connectivity index (χ1n) is 6.28. The zero-order valence-corrected chi connectivity index (χ0v) is 11.7. The third-order valence-corrected chi connectivity index (χ3v) is 3.00. The molecule has 0 aromatic carbocycles. The lowest BCUT2D eigenvalue weighted by Crippen LogP contribution is -2.42. The van der Waals surface area contributed by atoms with E-state index in [1.807, 2.05) is 0 Å². The number of nitrogens with zero attached hydrogens (tertiary/aromatic N) is 5. The summed E-state index contributed by atoms with van der Waals surface area (Å²) in [5, 5.41) is 24.9. The Kier molecular flexibility index (Phi) is 8.39. The molecule has 0 radical (unpaired) electrons. The van der Waals surface area contributed by atoms with E-state index in [1.54, 1.807) is 6.92 Å². The Labute approximate surface area is 120 Å². The van der Waals surface area contributed by atoms with Crippen LogP contribution in [0.1, 0.15) is 26.7 Å². The second-order valence-corrected chi connectivity index (χ2v) is 4.40. The third-order valence-electron chi connectivity index (χ3n) is 3.00. The molecule has 0 amide bonds. The van der Waals surface area contributed by atoms with E-state index in [1.165, 1.54) is 6.92 Å². The van der Waals surface area contributed by atoms with Gasteiger partial charge in [0.05, 0.1) is 0 Å². The van der Waals surface area contributed by atoms with E-state index in [0.717, 1.165) is 0 Å². The Hall–Kier alpha value is -2.42. The highest BCUT2D eigenvalue weighted by Gasteiger charge is 2.41. The van der Waals surface area contributed by atoms with Crippen molar-refractivity contribution in [2.75, 3.05) is 13.2 Å². The Balaban J connectivity index is 4.96. The number of nitro groups is 2. The molecule has 0 fully saturated rings. The first kappa shape index (κ1) is 18.6. The predicted octanol–water partition coefficient (Wildman–Crippen LogP) is 1.57. The Bertz CT molecular complexity index is 436. The van der Waals surface area contributed by atoms with Crippen LogP contribution in [-0.2, 0) is 9.53 Å². The SMILES string of the molecule is CCCC(C(COC(=O)CN=[N+]=[N-])C(C)[N+](=O)[O-])[N+](=O)[O-]. The fraction of sp³-hybridized carbons (Fsp3) is 0.900. The zero-order valence-electron chi connectivity index (χ0n) is 11.7. The fourth-order valence-corrected chi connectivity index (χ4v) is 1.82. The minimum atomic E-state index is -1.24. The highest BCUT2D eigenvalue weighted by molar-refractivity contribution is 5.71. The summed E-state index contributed by atoms with van der Waals surface area (Å²) in [6.45, 7) is 1.93. The van der Waals surface area contributed by atoms with E-state index in [-0.39, 0.29) is 6.42 Å². The molecule has 118 valence electrons. The van der Waals surface area contributed by atoms with Crippen molar-refractivity contribution < 1.29 is 19.4 Å². The summed E-state index contributed by atoms with van der Waals surface area (Å²) in [5.74, 6) is -1.93. The molecule has 0 heterocycles. The Morgan fingerprint density at radius 1 is 1.38 bits per heavy atom. The maximum absolute atomic E-state index is 11.2. The van der Waals surface area contributed by atoms with Crippen LogP contribution in [0.3, 0.4) is 0 Å². The molecule has 0 aromatic heterocycles. The maximum atomic E-state index is 11.2. The fourth-order valence-electron chi connectivity index (χ4n) is 1.82. The molecule has 11 heteroatoms. The third kappa shape index (κ3) is 6.52. The van der Waals surface area contributed by atoms with Gasteiger partial charge in [0.1, 0.15) is 19.1 Å². The minimum absolute atomic E-state index is 0.143. The number of hydrogen-bond donors (Lipinski definition) is 0. The lowest BCUT2D eigenvalue weighted by molar-refractivity contribution is -0.574. The van der Waals surface area contributed by atoms with Gasteiger partial charge in [-0.25, -0.2) is 0 Å². The van der Waals surface area contributed by atoms with Gasteiger partial charge in [-0.05, 0) is 12.0 Å². The summed E-state index contributed by atoms with van der Waals surface area (Å²) in [6.07, 6.45) is 0.614. The minimum Gasteiger partial charge on any atom is -0.465 e. The van der Waals surface area contributed by atoms with Crippen molar-refractivity contribution in [1.29, 1.82) is 0 Å². The molecule has 0 rings (SSSR count). The van der Waals surface area contributed by atoms with E-state index < -0.39 is 47.0 Å². The molecule has 0 aliphatic carbocycles. The standard InChI is InChI=1S/C10H17N5O6/c1-3-4-9(15(19)20)8(7(2)14(17)18)6-21-10(16)5-12-13-11/h7-9H,3-6H2,1-2H3. The lowest BCUT2D eigenvalue weighted by atomic mass is 9.91. The smallest absolute Gasteiger partial charge is 0.311 e. The van der Waals surface area contributed by atoms with Crippen molar-refractivity contribution in [3.8, 4) is 0 Å². The Morgan fingerprint density at radius 3 is 2.43 bits per heavy atom. The molecule has 0 saturated heterocycles. The molecule has 0 aromatic rings. The van der Waals surface area contributed by atoms with Crippen molar-refractivity contribution in [2.45, 2.75) is 38.8 Å². The molecule has 0 saturated carbocycles. The largest absolute Gasteiger partial charge is 0.465 e. The van der Waals surface area contributed by atoms with E-state index in [0.29, 0.717) is 6.42 Å². The summed E-state index contributed by atoms with van der Waals surface area (Å²) < 4.78 is 4.74. The van der Waals surface area contributed by atoms with E-state index in [9.17, 15) is 25.0 Å². The molecule has 3 unspecified atom stereocenters. The molecule has 11 nitrogen and oxygen atoms in total. The molecule has 21 heavy (non-hydrogen) atoms. The number of azide groups is 1. The van der Waals surface area contributed by atoms with Crippen molar-refractivity contribution in [3.63, 3.8) is 0 Å². The van der Waals surface area contributed by atoms with Crippen LogP contribution >= 0.6 is 0 Å². The van der Waals surface area contributed by atoms with Gasteiger partial charge in [-0.15, -0.1) is 0 Å². The van der Waals surface area contributed by atoms with Gasteiger partial charge in [-0.1, -0.05) is 12.0 Å². The number of carbonyl (C=O) groups is 1. The van der Waals surface area contributed by atoms with Gasteiger partial charge < -0.3 is 4.74 Å². The normalized spacial score (nSPS) is 14.4. The van der Waals surface area contributed by atoms with Gasteiger partial charge in [0.15, 0.2) is 0 Å². The average molecular weight is 303 g/mol. The second kappa shape index (κ2) is 9.48. The van der Waals surface area contributed by atoms with Crippen LogP contribution in [0.4, 0.5) is 0 Å². The number of hydrogen-bond acceptors (Lipinski definition) is 7. The van der Waals surface area contributed by atoms with E-state index >= 15 is 0 Å². The van der Waals surface area contributed by atoms with E-state index in [4.69, 9.17) is 10.3 Å². The van der Waals surface area contributed by atoms with Gasteiger partial charge in [0.2, 0.25) is 12.1 Å². The average Bonchev–Trinajstić information content (AvgIpc) is 2.43. The topological polar surface area (TPSA) is 161 Å². The van der Waals surface area contributed by atoms with Crippen LogP contribution in [0.25, 0.3) is 10.4 Å². The van der Waals surface area contributed by atoms with Crippen LogP contribution in [0, 0.1) is 26.1 Å². The van der Waals surface area contributed by atoms with Crippen LogP contribution < -0.4 is 0 Å². The van der Waals surface area contributed by atoms with Crippen molar-refractivity contribution >= 4 is 5.97 Å². The van der Waals surface area contributed by atoms with E-state index in [2.05, 4.69) is 10.0 Å². The van der Waals surface area contributed by atoms with Crippen LogP contribution in [0.2, 0.25) is 0 Å². The first-order chi connectivity index (χ1) is 9.84. The molecule has 0 N–H and O–H groups in total. The molecule has 0 aliphatic heterocycles. The summed E-state index contributed by atoms with van der Waals surface area (Å²) in [7, 11) is 0. The highest BCUT2D eigenvalue weighted by atomic mass is 16.6. The summed E-state index contributed by atoms with van der Waals surface area (Å²) in [6, 6.07) is -2.41. The van der Waals surface area contributed by atoms with Crippen LogP contribution in [-0.4, -0.2) is 41.1 Å². The van der Waals surface area contributed by atoms with Gasteiger partial charge in [-0.2, -0.15) is 0 Å². The number of carbonyl (C=O) groups excluding carboxylic acids is 1. The predicted molar refractivity (Wildman–Crippen MR) is 70.6 cm³/mol. The summed E-state index contributed by atoms with van der Waals surface area (Å²) in [4.78, 5) is 34.3. The van der Waals surface area contributed by atoms with Gasteiger partial charge in [0.25, 0.3) is 0 Å². The zero-order chi connectivity index (χ0) is 16.4.